The van der Waals surface area contributed by atoms with Crippen LogP contribution in [-0.4, -0.2) is 32.6 Å². The zero-order valence-corrected chi connectivity index (χ0v) is 11.5. The quantitative estimate of drug-likeness (QED) is 0.868. The summed E-state index contributed by atoms with van der Waals surface area (Å²) in [5.74, 6) is -0.501. The van der Waals surface area contributed by atoms with Crippen molar-refractivity contribution in [2.45, 2.75) is 20.3 Å². The maximum absolute atomic E-state index is 10.6. The largest absolute Gasteiger partial charge is 0.476 e. The summed E-state index contributed by atoms with van der Waals surface area (Å²) in [6.45, 7) is 4.70. The highest BCUT2D eigenvalue weighted by Crippen LogP contribution is 2.17. The number of anilines is 1. The molecule has 0 aliphatic rings. The van der Waals surface area contributed by atoms with E-state index in [0.717, 1.165) is 17.1 Å². The lowest BCUT2D eigenvalue weighted by atomic mass is 10.3. The lowest BCUT2D eigenvalue weighted by molar-refractivity contribution is 0.0690. The summed E-state index contributed by atoms with van der Waals surface area (Å²) < 4.78 is 0. The van der Waals surface area contributed by atoms with Crippen LogP contribution in [0.15, 0.2) is 12.4 Å². The highest BCUT2D eigenvalue weighted by Gasteiger charge is 2.06. The smallest absolute Gasteiger partial charge is 0.356 e. The molecule has 0 bridgehead atoms. The van der Waals surface area contributed by atoms with Crippen molar-refractivity contribution >= 4 is 23.1 Å². The van der Waals surface area contributed by atoms with E-state index in [0.29, 0.717) is 12.4 Å². The molecular weight excluding hydrogens is 264 g/mol. The molecule has 2 N–H and O–H groups in total. The van der Waals surface area contributed by atoms with Crippen molar-refractivity contribution in [1.82, 2.24) is 15.0 Å². The Kier molecular flexibility index (Phi) is 4.06. The fourth-order valence-electron chi connectivity index (χ4n) is 1.64. The zero-order chi connectivity index (χ0) is 13.8. The molecule has 0 aliphatic carbocycles. The topological polar surface area (TPSA) is 88.0 Å². The summed E-state index contributed by atoms with van der Waals surface area (Å²) in [5.41, 5.74) is 1.01. The van der Waals surface area contributed by atoms with Gasteiger partial charge in [-0.25, -0.2) is 19.7 Å². The van der Waals surface area contributed by atoms with Crippen LogP contribution >= 0.6 is 11.3 Å². The Balaban J connectivity index is 1.89. The van der Waals surface area contributed by atoms with Crippen LogP contribution in [0.1, 0.15) is 26.1 Å². The first-order valence-corrected chi connectivity index (χ1v) is 6.60. The van der Waals surface area contributed by atoms with Gasteiger partial charge in [0, 0.05) is 17.8 Å². The van der Waals surface area contributed by atoms with Crippen molar-refractivity contribution in [2.75, 3.05) is 11.9 Å². The number of rotatable bonds is 5. The minimum Gasteiger partial charge on any atom is -0.476 e. The van der Waals surface area contributed by atoms with E-state index in [1.165, 1.54) is 17.3 Å². The SMILES string of the molecule is Cc1nc(C)c(CCNc2cnc(C(=O)O)cn2)s1. The predicted octanol–water partition coefficient (Wildman–Crippen LogP) is 1.90. The van der Waals surface area contributed by atoms with E-state index < -0.39 is 5.97 Å². The van der Waals surface area contributed by atoms with Crippen LogP contribution in [0, 0.1) is 13.8 Å². The third-order valence-corrected chi connectivity index (χ3v) is 3.66. The molecule has 0 atom stereocenters. The predicted molar refractivity (Wildman–Crippen MR) is 72.8 cm³/mol. The van der Waals surface area contributed by atoms with Crippen LogP contribution in [0.25, 0.3) is 0 Å². The maximum atomic E-state index is 10.6. The third-order valence-electron chi connectivity index (χ3n) is 2.53. The molecule has 2 heterocycles. The number of carbonyl (C=O) groups is 1. The normalized spacial score (nSPS) is 10.4. The summed E-state index contributed by atoms with van der Waals surface area (Å²) in [7, 11) is 0. The van der Waals surface area contributed by atoms with Crippen molar-refractivity contribution in [1.29, 1.82) is 0 Å². The fraction of sp³-hybridized carbons (Fsp3) is 0.333. The minimum absolute atomic E-state index is 0.0560. The Morgan fingerprint density at radius 2 is 2.16 bits per heavy atom. The molecule has 0 amide bonds. The number of hydrogen-bond acceptors (Lipinski definition) is 6. The molecular formula is C12H14N4O2S. The second-order valence-electron chi connectivity index (χ2n) is 4.01. The van der Waals surface area contributed by atoms with Gasteiger partial charge in [0.15, 0.2) is 5.69 Å². The molecule has 0 radical (unpaired) electrons. The summed E-state index contributed by atoms with van der Waals surface area (Å²) >= 11 is 1.69. The highest BCUT2D eigenvalue weighted by atomic mass is 32.1. The van der Waals surface area contributed by atoms with Gasteiger partial charge in [-0.15, -0.1) is 11.3 Å². The summed E-state index contributed by atoms with van der Waals surface area (Å²) in [4.78, 5) is 24.0. The Hall–Kier alpha value is -2.02. The van der Waals surface area contributed by atoms with E-state index in [2.05, 4.69) is 20.3 Å². The number of nitrogens with one attached hydrogen (secondary N) is 1. The molecule has 0 fully saturated rings. The van der Waals surface area contributed by atoms with Gasteiger partial charge in [-0.1, -0.05) is 0 Å². The van der Waals surface area contributed by atoms with Crippen LogP contribution < -0.4 is 5.32 Å². The molecule has 0 saturated carbocycles. The summed E-state index contributed by atoms with van der Waals surface area (Å²) in [6, 6.07) is 0. The molecule has 100 valence electrons. The number of carboxylic acid groups (broad SMARTS) is 1. The number of nitrogens with zero attached hydrogens (tertiary/aromatic N) is 3. The van der Waals surface area contributed by atoms with Crippen molar-refractivity contribution < 1.29 is 9.90 Å². The molecule has 0 spiro atoms. The van der Waals surface area contributed by atoms with Crippen LogP contribution in [0.3, 0.4) is 0 Å². The molecule has 2 aromatic rings. The number of aromatic nitrogens is 3. The van der Waals surface area contributed by atoms with Crippen LogP contribution in [0.2, 0.25) is 0 Å². The second-order valence-corrected chi connectivity index (χ2v) is 5.30. The lowest BCUT2D eigenvalue weighted by Gasteiger charge is -2.04. The average Bonchev–Trinajstić information content (AvgIpc) is 2.68. The Bertz CT molecular complexity index is 580. The Morgan fingerprint density at radius 3 is 2.68 bits per heavy atom. The molecule has 0 unspecified atom stereocenters. The Morgan fingerprint density at radius 1 is 1.37 bits per heavy atom. The molecule has 2 aromatic heterocycles. The van der Waals surface area contributed by atoms with Crippen molar-refractivity contribution in [3.63, 3.8) is 0 Å². The van der Waals surface area contributed by atoms with Crippen LogP contribution in [0.4, 0.5) is 5.82 Å². The number of hydrogen-bond donors (Lipinski definition) is 2. The molecule has 2 rings (SSSR count). The van der Waals surface area contributed by atoms with E-state index in [4.69, 9.17) is 5.11 Å². The second kappa shape index (κ2) is 5.75. The van der Waals surface area contributed by atoms with Gasteiger partial charge in [0.2, 0.25) is 0 Å². The van der Waals surface area contributed by atoms with Gasteiger partial charge in [0.25, 0.3) is 0 Å². The standard InChI is InChI=1S/C12H14N4O2S/c1-7-10(19-8(2)16-7)3-4-13-11-6-14-9(5-15-11)12(17)18/h5-6H,3-4H2,1-2H3,(H,13,15)(H,17,18). The zero-order valence-electron chi connectivity index (χ0n) is 10.7. The first kappa shape index (κ1) is 13.4. The maximum Gasteiger partial charge on any atom is 0.356 e. The first-order chi connectivity index (χ1) is 9.06. The third kappa shape index (κ3) is 3.47. The van der Waals surface area contributed by atoms with Gasteiger partial charge in [-0.3, -0.25) is 0 Å². The first-order valence-electron chi connectivity index (χ1n) is 5.78. The summed E-state index contributed by atoms with van der Waals surface area (Å²) in [5, 5.41) is 12.9. The van der Waals surface area contributed by atoms with Gasteiger partial charge >= 0.3 is 5.97 Å². The fourth-order valence-corrected chi connectivity index (χ4v) is 2.58. The monoisotopic (exact) mass is 278 g/mol. The number of aromatic carboxylic acids is 1. The summed E-state index contributed by atoms with van der Waals surface area (Å²) in [6.07, 6.45) is 3.53. The van der Waals surface area contributed by atoms with Crippen LogP contribution in [0.5, 0.6) is 0 Å². The Labute approximate surface area is 114 Å². The minimum atomic E-state index is -1.07. The van der Waals surface area contributed by atoms with E-state index in [1.807, 2.05) is 13.8 Å². The molecule has 0 aromatic carbocycles. The average molecular weight is 278 g/mol. The van der Waals surface area contributed by atoms with Gasteiger partial charge in [0.05, 0.1) is 23.1 Å². The lowest BCUT2D eigenvalue weighted by Crippen LogP contribution is -2.08. The van der Waals surface area contributed by atoms with Gasteiger partial charge in [-0.05, 0) is 13.8 Å². The van der Waals surface area contributed by atoms with Gasteiger partial charge in [-0.2, -0.15) is 0 Å². The van der Waals surface area contributed by atoms with E-state index in [1.54, 1.807) is 11.3 Å². The molecule has 6 nitrogen and oxygen atoms in total. The van der Waals surface area contributed by atoms with Crippen molar-refractivity contribution in [3.05, 3.63) is 33.7 Å². The van der Waals surface area contributed by atoms with E-state index >= 15 is 0 Å². The molecule has 19 heavy (non-hydrogen) atoms. The van der Waals surface area contributed by atoms with E-state index in [-0.39, 0.29) is 5.69 Å². The molecule has 0 saturated heterocycles. The number of thiazole rings is 1. The van der Waals surface area contributed by atoms with Crippen molar-refractivity contribution in [3.8, 4) is 0 Å². The van der Waals surface area contributed by atoms with Crippen molar-refractivity contribution in [2.24, 2.45) is 0 Å². The van der Waals surface area contributed by atoms with Gasteiger partial charge < -0.3 is 10.4 Å². The highest BCUT2D eigenvalue weighted by molar-refractivity contribution is 7.11. The number of carboxylic acids is 1. The molecule has 7 heteroatoms. The van der Waals surface area contributed by atoms with Gasteiger partial charge in [0.1, 0.15) is 5.82 Å². The molecule has 0 aliphatic heterocycles. The van der Waals surface area contributed by atoms with E-state index in [9.17, 15) is 4.79 Å². The number of aryl methyl sites for hydroxylation is 2. The van der Waals surface area contributed by atoms with Crippen LogP contribution in [-0.2, 0) is 6.42 Å².